The van der Waals surface area contributed by atoms with Crippen LogP contribution in [0.5, 0.6) is 0 Å². The Labute approximate surface area is 157 Å². The van der Waals surface area contributed by atoms with Crippen molar-refractivity contribution >= 4 is 11.9 Å². The van der Waals surface area contributed by atoms with E-state index < -0.39 is 11.4 Å². The first-order valence-electron chi connectivity index (χ1n) is 9.79. The molecule has 6 heteroatoms. The third kappa shape index (κ3) is 2.35. The lowest BCUT2D eigenvalue weighted by molar-refractivity contribution is -0.149. The Hall–Kier alpha value is -2.63. The van der Waals surface area contributed by atoms with Gasteiger partial charge in [0.05, 0.1) is 11.1 Å². The molecule has 2 atom stereocenters. The van der Waals surface area contributed by atoms with Crippen LogP contribution in [0.1, 0.15) is 47.4 Å². The number of carboxylic acids is 1. The molecule has 0 bridgehead atoms. The molecule has 5 rings (SSSR count). The Morgan fingerprint density at radius 2 is 1.96 bits per heavy atom. The highest BCUT2D eigenvalue weighted by atomic mass is 16.4. The molecule has 0 spiro atoms. The fraction of sp³-hybridized carbons (Fsp3) is 0.476. The van der Waals surface area contributed by atoms with Crippen LogP contribution in [0.3, 0.4) is 0 Å². The normalized spacial score (nSPS) is 26.2. The van der Waals surface area contributed by atoms with E-state index in [1.54, 1.807) is 4.90 Å². The molecule has 2 aromatic rings. The summed E-state index contributed by atoms with van der Waals surface area (Å²) in [6, 6.07) is 9.91. The Morgan fingerprint density at radius 3 is 2.70 bits per heavy atom. The highest BCUT2D eigenvalue weighted by Crippen LogP contribution is 2.49. The zero-order valence-corrected chi connectivity index (χ0v) is 15.2. The molecule has 3 aliphatic rings. The number of aliphatic carboxylic acids is 1. The quantitative estimate of drug-likeness (QED) is 0.907. The second-order valence-corrected chi connectivity index (χ2v) is 8.11. The number of carboxylic acid groups (broad SMARTS) is 1. The van der Waals surface area contributed by atoms with Crippen LogP contribution >= 0.6 is 0 Å². The number of hydrogen-bond donors (Lipinski definition) is 1. The minimum Gasteiger partial charge on any atom is -0.481 e. The second kappa shape index (κ2) is 5.94. The maximum atomic E-state index is 13.3. The molecule has 0 radical (unpaired) electrons. The lowest BCUT2D eigenvalue weighted by Crippen LogP contribution is -2.37. The van der Waals surface area contributed by atoms with Gasteiger partial charge in [-0.3, -0.25) is 9.59 Å². The number of fused-ring (bicyclic) bond motifs is 2. The molecule has 6 nitrogen and oxygen atoms in total. The zero-order chi connectivity index (χ0) is 18.6. The summed E-state index contributed by atoms with van der Waals surface area (Å²) in [6.07, 6.45) is 5.33. The summed E-state index contributed by atoms with van der Waals surface area (Å²) in [7, 11) is 0. The van der Waals surface area contributed by atoms with Crippen LogP contribution in [0, 0.1) is 11.3 Å². The standard InChI is InChI=1S/C21H23N3O3/c25-19(23-12-14-6-5-11-21(14,13-23)20(26)27)18-16-9-4-10-17(16)24(22-18)15-7-2-1-3-8-15/h1-3,7-8,14H,4-6,9-13H2,(H,26,27)/t14-,21+/m0/s1. The molecule has 27 heavy (non-hydrogen) atoms. The van der Waals surface area contributed by atoms with Crippen LogP contribution in [0.15, 0.2) is 30.3 Å². The second-order valence-electron chi connectivity index (χ2n) is 8.11. The van der Waals surface area contributed by atoms with E-state index in [4.69, 9.17) is 0 Å². The molecule has 2 aliphatic carbocycles. The average Bonchev–Trinajstić information content (AvgIpc) is 3.40. The van der Waals surface area contributed by atoms with Crippen molar-refractivity contribution in [3.63, 3.8) is 0 Å². The van der Waals surface area contributed by atoms with Crippen molar-refractivity contribution in [2.45, 2.75) is 38.5 Å². The van der Waals surface area contributed by atoms with E-state index >= 15 is 0 Å². The smallest absolute Gasteiger partial charge is 0.311 e. The van der Waals surface area contributed by atoms with Gasteiger partial charge in [-0.2, -0.15) is 5.10 Å². The van der Waals surface area contributed by atoms with Gasteiger partial charge in [0.1, 0.15) is 0 Å². The number of likely N-dealkylation sites (tertiary alicyclic amines) is 1. The number of amides is 1. The van der Waals surface area contributed by atoms with E-state index in [-0.39, 0.29) is 11.8 Å². The Balaban J connectivity index is 1.49. The molecule has 0 unspecified atom stereocenters. The summed E-state index contributed by atoms with van der Waals surface area (Å²) < 4.78 is 1.90. The van der Waals surface area contributed by atoms with Crippen molar-refractivity contribution in [3.05, 3.63) is 47.3 Å². The van der Waals surface area contributed by atoms with Crippen molar-refractivity contribution in [3.8, 4) is 5.69 Å². The van der Waals surface area contributed by atoms with E-state index in [2.05, 4.69) is 5.10 Å². The van der Waals surface area contributed by atoms with Crippen molar-refractivity contribution in [2.24, 2.45) is 11.3 Å². The van der Waals surface area contributed by atoms with Gasteiger partial charge in [0.2, 0.25) is 0 Å². The number of rotatable bonds is 3. The molecule has 140 valence electrons. The topological polar surface area (TPSA) is 75.4 Å². The number of hydrogen-bond acceptors (Lipinski definition) is 3. The first-order chi connectivity index (χ1) is 13.1. The predicted molar refractivity (Wildman–Crippen MR) is 98.9 cm³/mol. The molecular formula is C21H23N3O3. The van der Waals surface area contributed by atoms with E-state index in [1.165, 1.54) is 0 Å². The van der Waals surface area contributed by atoms with E-state index in [1.807, 2.05) is 35.0 Å². The third-order valence-corrected chi connectivity index (χ3v) is 6.72. The molecule has 1 saturated heterocycles. The van der Waals surface area contributed by atoms with Crippen molar-refractivity contribution < 1.29 is 14.7 Å². The summed E-state index contributed by atoms with van der Waals surface area (Å²) in [5.74, 6) is -0.776. The summed E-state index contributed by atoms with van der Waals surface area (Å²) >= 11 is 0. The molecule has 1 aliphatic heterocycles. The van der Waals surface area contributed by atoms with Gasteiger partial charge < -0.3 is 10.0 Å². The number of carbonyl (C=O) groups is 2. The molecule has 2 heterocycles. The van der Waals surface area contributed by atoms with E-state index in [0.717, 1.165) is 49.0 Å². The molecular weight excluding hydrogens is 342 g/mol. The van der Waals surface area contributed by atoms with Crippen LogP contribution in [-0.4, -0.2) is 44.8 Å². The maximum Gasteiger partial charge on any atom is 0.311 e. The van der Waals surface area contributed by atoms with Gasteiger partial charge in [0.15, 0.2) is 5.69 Å². The number of aromatic nitrogens is 2. The molecule has 1 aromatic heterocycles. The molecule has 1 aromatic carbocycles. The van der Waals surface area contributed by atoms with Gasteiger partial charge in [-0.1, -0.05) is 24.6 Å². The van der Waals surface area contributed by atoms with Crippen LogP contribution in [0.4, 0.5) is 0 Å². The lowest BCUT2D eigenvalue weighted by atomic mass is 9.81. The van der Waals surface area contributed by atoms with Crippen LogP contribution < -0.4 is 0 Å². The van der Waals surface area contributed by atoms with Gasteiger partial charge in [0.25, 0.3) is 5.91 Å². The lowest BCUT2D eigenvalue weighted by Gasteiger charge is -2.23. The number of para-hydroxylation sites is 1. The SMILES string of the molecule is O=C(c1nn(-c2ccccc2)c2c1CCC2)N1C[C@@H]2CCC[C@@]2(C(=O)O)C1. The maximum absolute atomic E-state index is 13.3. The van der Waals surface area contributed by atoms with E-state index in [0.29, 0.717) is 25.2 Å². The first kappa shape index (κ1) is 16.5. The Morgan fingerprint density at radius 1 is 1.15 bits per heavy atom. The molecule has 1 amide bonds. The molecule has 2 fully saturated rings. The molecule has 1 saturated carbocycles. The van der Waals surface area contributed by atoms with Gasteiger partial charge >= 0.3 is 5.97 Å². The van der Waals surface area contributed by atoms with E-state index in [9.17, 15) is 14.7 Å². The van der Waals surface area contributed by atoms with Gasteiger partial charge in [-0.25, -0.2) is 4.68 Å². The monoisotopic (exact) mass is 365 g/mol. The molecule has 1 N–H and O–H groups in total. The number of carbonyl (C=O) groups excluding carboxylic acids is 1. The van der Waals surface area contributed by atoms with Crippen molar-refractivity contribution in [1.29, 1.82) is 0 Å². The summed E-state index contributed by atoms with van der Waals surface area (Å²) in [4.78, 5) is 27.0. The Kier molecular flexibility index (Phi) is 3.64. The first-order valence-corrected chi connectivity index (χ1v) is 9.79. The predicted octanol–water partition coefficient (Wildman–Crippen LogP) is 2.69. The number of benzene rings is 1. The minimum absolute atomic E-state index is 0.0724. The fourth-order valence-corrected chi connectivity index (χ4v) is 5.34. The van der Waals surface area contributed by atoms with Gasteiger partial charge in [-0.15, -0.1) is 0 Å². The van der Waals surface area contributed by atoms with Crippen molar-refractivity contribution in [1.82, 2.24) is 14.7 Å². The summed E-state index contributed by atoms with van der Waals surface area (Å²) in [6.45, 7) is 0.858. The summed E-state index contributed by atoms with van der Waals surface area (Å²) in [5, 5.41) is 14.5. The minimum atomic E-state index is -0.750. The highest BCUT2D eigenvalue weighted by molar-refractivity contribution is 5.95. The van der Waals surface area contributed by atoms with Gasteiger partial charge in [-0.05, 0) is 50.2 Å². The van der Waals surface area contributed by atoms with Gasteiger partial charge in [0, 0.05) is 24.3 Å². The zero-order valence-electron chi connectivity index (χ0n) is 15.2. The highest BCUT2D eigenvalue weighted by Gasteiger charge is 2.56. The third-order valence-electron chi connectivity index (χ3n) is 6.72. The number of nitrogens with zero attached hydrogens (tertiary/aromatic N) is 3. The fourth-order valence-electron chi connectivity index (χ4n) is 5.34. The van der Waals surface area contributed by atoms with Crippen LogP contribution in [0.25, 0.3) is 5.69 Å². The van der Waals surface area contributed by atoms with Crippen LogP contribution in [-0.2, 0) is 17.6 Å². The summed E-state index contributed by atoms with van der Waals surface area (Å²) in [5.41, 5.74) is 2.91. The van der Waals surface area contributed by atoms with Crippen LogP contribution in [0.2, 0.25) is 0 Å². The van der Waals surface area contributed by atoms with Crippen molar-refractivity contribution in [2.75, 3.05) is 13.1 Å². The Bertz CT molecular complexity index is 920. The largest absolute Gasteiger partial charge is 0.481 e. The average molecular weight is 365 g/mol.